The van der Waals surface area contributed by atoms with Gasteiger partial charge in [-0.05, 0) is 30.7 Å². The summed E-state index contributed by atoms with van der Waals surface area (Å²) in [5.41, 5.74) is 6.66. The summed E-state index contributed by atoms with van der Waals surface area (Å²) in [6, 6.07) is 6.31. The summed E-state index contributed by atoms with van der Waals surface area (Å²) in [6.07, 6.45) is -3.38. The lowest BCUT2D eigenvalue weighted by atomic mass is 10.2. The number of hydrogen-bond donors (Lipinski definition) is 2. The molecule has 0 aliphatic carbocycles. The van der Waals surface area contributed by atoms with Gasteiger partial charge in [-0.3, -0.25) is 4.90 Å². The number of aliphatic imine (C=N–C) groups is 1. The molecule has 1 heterocycles. The lowest BCUT2D eigenvalue weighted by molar-refractivity contribution is -0.153. The predicted molar refractivity (Wildman–Crippen MR) is 93.2 cm³/mol. The molecule has 0 amide bonds. The molecular formula is C17H25F3N4O2. The van der Waals surface area contributed by atoms with Gasteiger partial charge in [0.2, 0.25) is 0 Å². The van der Waals surface area contributed by atoms with Crippen LogP contribution < -0.4 is 15.8 Å². The largest absolute Gasteiger partial charge is 0.484 e. The molecule has 1 aromatic rings. The van der Waals surface area contributed by atoms with E-state index in [2.05, 4.69) is 19.9 Å². The third kappa shape index (κ3) is 8.39. The van der Waals surface area contributed by atoms with Gasteiger partial charge in [0.05, 0.1) is 19.8 Å². The molecule has 26 heavy (non-hydrogen) atoms. The van der Waals surface area contributed by atoms with Crippen LogP contribution in [0.1, 0.15) is 12.0 Å². The van der Waals surface area contributed by atoms with Gasteiger partial charge in [-0.15, -0.1) is 0 Å². The van der Waals surface area contributed by atoms with Crippen molar-refractivity contribution in [2.75, 3.05) is 46.0 Å². The quantitative estimate of drug-likeness (QED) is 0.412. The number of hydrogen-bond acceptors (Lipinski definition) is 4. The maximum atomic E-state index is 12.1. The summed E-state index contributed by atoms with van der Waals surface area (Å²) in [5.74, 6) is 0.522. The number of morpholine rings is 1. The molecule has 9 heteroatoms. The zero-order valence-corrected chi connectivity index (χ0v) is 14.6. The van der Waals surface area contributed by atoms with Gasteiger partial charge in [0, 0.05) is 19.6 Å². The van der Waals surface area contributed by atoms with Gasteiger partial charge in [-0.25, -0.2) is 4.99 Å². The highest BCUT2D eigenvalue weighted by Gasteiger charge is 2.28. The maximum absolute atomic E-state index is 12.1. The lowest BCUT2D eigenvalue weighted by Gasteiger charge is -2.26. The second-order valence-corrected chi connectivity index (χ2v) is 5.98. The van der Waals surface area contributed by atoms with Crippen molar-refractivity contribution < 1.29 is 22.6 Å². The van der Waals surface area contributed by atoms with Crippen LogP contribution in [0.15, 0.2) is 29.3 Å². The molecular weight excluding hydrogens is 349 g/mol. The fraction of sp³-hybridized carbons (Fsp3) is 0.588. The Morgan fingerprint density at radius 1 is 1.23 bits per heavy atom. The molecule has 0 aromatic heterocycles. The van der Waals surface area contributed by atoms with Crippen molar-refractivity contribution in [3.05, 3.63) is 29.8 Å². The molecule has 1 fully saturated rings. The van der Waals surface area contributed by atoms with Crippen LogP contribution in [0.4, 0.5) is 13.2 Å². The Labute approximate surface area is 151 Å². The average Bonchev–Trinajstić information content (AvgIpc) is 2.63. The molecule has 1 aliphatic heterocycles. The second-order valence-electron chi connectivity index (χ2n) is 5.98. The van der Waals surface area contributed by atoms with Crippen molar-refractivity contribution in [3.63, 3.8) is 0 Å². The van der Waals surface area contributed by atoms with Gasteiger partial charge >= 0.3 is 6.18 Å². The summed E-state index contributed by atoms with van der Waals surface area (Å²) in [7, 11) is 0. The highest BCUT2D eigenvalue weighted by molar-refractivity contribution is 5.77. The van der Waals surface area contributed by atoms with E-state index in [0.29, 0.717) is 12.5 Å². The maximum Gasteiger partial charge on any atom is 0.422 e. The molecule has 0 unspecified atom stereocenters. The predicted octanol–water partition coefficient (Wildman–Crippen LogP) is 1.75. The molecule has 146 valence electrons. The molecule has 1 saturated heterocycles. The highest BCUT2D eigenvalue weighted by Crippen LogP contribution is 2.19. The van der Waals surface area contributed by atoms with Gasteiger partial charge < -0.3 is 20.5 Å². The number of nitrogens with zero attached hydrogens (tertiary/aromatic N) is 2. The monoisotopic (exact) mass is 374 g/mol. The van der Waals surface area contributed by atoms with Gasteiger partial charge in [-0.2, -0.15) is 13.2 Å². The van der Waals surface area contributed by atoms with Crippen LogP contribution in [0.25, 0.3) is 0 Å². The number of ether oxygens (including phenoxy) is 2. The van der Waals surface area contributed by atoms with E-state index < -0.39 is 12.8 Å². The average molecular weight is 374 g/mol. The van der Waals surface area contributed by atoms with Crippen LogP contribution in [0.2, 0.25) is 0 Å². The van der Waals surface area contributed by atoms with Crippen molar-refractivity contribution in [3.8, 4) is 5.75 Å². The Morgan fingerprint density at radius 2 is 1.92 bits per heavy atom. The second kappa shape index (κ2) is 10.2. The van der Waals surface area contributed by atoms with Crippen molar-refractivity contribution in [1.29, 1.82) is 0 Å². The number of rotatable bonds is 8. The lowest BCUT2D eigenvalue weighted by Crippen LogP contribution is -2.39. The van der Waals surface area contributed by atoms with E-state index >= 15 is 0 Å². The molecule has 0 bridgehead atoms. The molecule has 6 nitrogen and oxygen atoms in total. The highest BCUT2D eigenvalue weighted by atomic mass is 19.4. The van der Waals surface area contributed by atoms with Crippen LogP contribution >= 0.6 is 0 Å². The van der Waals surface area contributed by atoms with E-state index in [9.17, 15) is 13.2 Å². The van der Waals surface area contributed by atoms with Crippen molar-refractivity contribution in [2.24, 2.45) is 10.7 Å². The minimum absolute atomic E-state index is 0.171. The van der Waals surface area contributed by atoms with Crippen LogP contribution in [0, 0.1) is 0 Å². The topological polar surface area (TPSA) is 72.1 Å². The molecule has 0 atom stereocenters. The Balaban J connectivity index is 1.64. The van der Waals surface area contributed by atoms with Crippen molar-refractivity contribution in [1.82, 2.24) is 10.2 Å². The molecule has 0 spiro atoms. The fourth-order valence-electron chi connectivity index (χ4n) is 2.43. The summed E-state index contributed by atoms with van der Waals surface area (Å²) in [6.45, 7) is 4.28. The van der Waals surface area contributed by atoms with Crippen molar-refractivity contribution in [2.45, 2.75) is 19.1 Å². The van der Waals surface area contributed by atoms with Gasteiger partial charge in [0.15, 0.2) is 12.6 Å². The first-order valence-corrected chi connectivity index (χ1v) is 8.55. The van der Waals surface area contributed by atoms with Gasteiger partial charge in [0.25, 0.3) is 0 Å². The summed E-state index contributed by atoms with van der Waals surface area (Å²) < 4.78 is 46.2. The molecule has 0 saturated carbocycles. The number of halogens is 3. The van der Waals surface area contributed by atoms with Crippen LogP contribution in [0.3, 0.4) is 0 Å². The fourth-order valence-corrected chi connectivity index (χ4v) is 2.43. The standard InChI is InChI=1S/C17H25F3N4O2/c18-17(19,20)13-26-15-4-2-14(3-5-15)12-23-16(21)22-6-1-7-24-8-10-25-11-9-24/h2-5H,1,6-13H2,(H3,21,22,23). The number of nitrogens with one attached hydrogen (secondary N) is 1. The van der Waals surface area contributed by atoms with Crippen LogP contribution in [-0.4, -0.2) is 63.0 Å². The molecule has 2 rings (SSSR count). The zero-order chi connectivity index (χ0) is 18.8. The first kappa shape index (κ1) is 20.3. The van der Waals surface area contributed by atoms with E-state index in [0.717, 1.165) is 51.4 Å². The Morgan fingerprint density at radius 3 is 2.58 bits per heavy atom. The van der Waals surface area contributed by atoms with Crippen LogP contribution in [0.5, 0.6) is 5.75 Å². The first-order chi connectivity index (χ1) is 12.4. The number of nitrogens with two attached hydrogens (primary N) is 1. The van der Waals surface area contributed by atoms with Gasteiger partial charge in [0.1, 0.15) is 5.75 Å². The number of benzene rings is 1. The first-order valence-electron chi connectivity index (χ1n) is 8.55. The SMILES string of the molecule is NC(=NCc1ccc(OCC(F)(F)F)cc1)NCCCN1CCOCC1. The number of alkyl halides is 3. The molecule has 1 aliphatic rings. The third-order valence-corrected chi connectivity index (χ3v) is 3.82. The normalized spacial score (nSPS) is 16.5. The third-order valence-electron chi connectivity index (χ3n) is 3.82. The zero-order valence-electron chi connectivity index (χ0n) is 14.6. The molecule has 0 radical (unpaired) electrons. The summed E-state index contributed by atoms with van der Waals surface area (Å²) in [5, 5.41) is 3.06. The van der Waals surface area contributed by atoms with E-state index in [-0.39, 0.29) is 5.75 Å². The number of guanidine groups is 1. The van der Waals surface area contributed by atoms with Crippen molar-refractivity contribution >= 4 is 5.96 Å². The van der Waals surface area contributed by atoms with E-state index in [1.807, 2.05) is 0 Å². The Hall–Kier alpha value is -2.00. The molecule has 3 N–H and O–H groups in total. The van der Waals surface area contributed by atoms with E-state index in [4.69, 9.17) is 10.5 Å². The minimum atomic E-state index is -4.34. The Bertz CT molecular complexity index is 558. The van der Waals surface area contributed by atoms with E-state index in [1.165, 1.54) is 12.1 Å². The van der Waals surface area contributed by atoms with E-state index in [1.54, 1.807) is 12.1 Å². The molecule has 1 aromatic carbocycles. The van der Waals surface area contributed by atoms with Crippen LogP contribution in [-0.2, 0) is 11.3 Å². The van der Waals surface area contributed by atoms with Gasteiger partial charge in [-0.1, -0.05) is 12.1 Å². The minimum Gasteiger partial charge on any atom is -0.484 e. The summed E-state index contributed by atoms with van der Waals surface area (Å²) >= 11 is 0. The Kier molecular flexibility index (Phi) is 7.99. The smallest absolute Gasteiger partial charge is 0.422 e. The summed E-state index contributed by atoms with van der Waals surface area (Å²) in [4.78, 5) is 6.57.